The first-order chi connectivity index (χ1) is 7.65. The van der Waals surface area contributed by atoms with Gasteiger partial charge in [-0.3, -0.25) is 0 Å². The molecule has 0 radical (unpaired) electrons. The summed E-state index contributed by atoms with van der Waals surface area (Å²) in [5.74, 6) is 0.528. The third kappa shape index (κ3) is 2.77. The molecular weight excluding hydrogens is 244 g/mol. The van der Waals surface area contributed by atoms with E-state index in [0.29, 0.717) is 11.1 Å². The maximum Gasteiger partial charge on any atom is 0.278 e. The fourth-order valence-corrected chi connectivity index (χ4v) is 1.93. The highest BCUT2D eigenvalue weighted by atomic mass is 35.5. The average molecular weight is 255 g/mol. The van der Waals surface area contributed by atoms with Crippen LogP contribution in [0.1, 0.15) is 12.5 Å². The van der Waals surface area contributed by atoms with E-state index >= 15 is 0 Å². The molecule has 5 heteroatoms. The smallest absolute Gasteiger partial charge is 0.278 e. The number of alkyl halides is 1. The SMILES string of the molecule is Cc1ccc(-c2nnc(S[C@H](C)Cl)o2)cc1. The predicted molar refractivity (Wildman–Crippen MR) is 65.6 cm³/mol. The molecule has 0 unspecified atom stereocenters. The summed E-state index contributed by atoms with van der Waals surface area (Å²) in [6.45, 7) is 3.90. The first-order valence-corrected chi connectivity index (χ1v) is 6.18. The summed E-state index contributed by atoms with van der Waals surface area (Å²) in [6.07, 6.45) is 0. The lowest BCUT2D eigenvalue weighted by atomic mass is 10.1. The monoisotopic (exact) mass is 254 g/mol. The van der Waals surface area contributed by atoms with Crippen molar-refractivity contribution in [3.8, 4) is 11.5 Å². The van der Waals surface area contributed by atoms with Crippen LogP contribution < -0.4 is 0 Å². The molecule has 0 fully saturated rings. The first kappa shape index (κ1) is 11.5. The van der Waals surface area contributed by atoms with Crippen molar-refractivity contribution in [1.29, 1.82) is 0 Å². The van der Waals surface area contributed by atoms with Crippen LogP contribution in [0.5, 0.6) is 0 Å². The van der Waals surface area contributed by atoms with Gasteiger partial charge in [0.2, 0.25) is 5.89 Å². The molecule has 0 bridgehead atoms. The molecule has 1 heterocycles. The maximum absolute atomic E-state index is 5.82. The van der Waals surface area contributed by atoms with E-state index in [1.54, 1.807) is 0 Å². The van der Waals surface area contributed by atoms with Crippen molar-refractivity contribution in [1.82, 2.24) is 10.2 Å². The van der Waals surface area contributed by atoms with Gasteiger partial charge >= 0.3 is 0 Å². The lowest BCUT2D eigenvalue weighted by Crippen LogP contribution is -1.80. The molecule has 2 rings (SSSR count). The first-order valence-electron chi connectivity index (χ1n) is 4.86. The summed E-state index contributed by atoms with van der Waals surface area (Å²) in [6, 6.07) is 7.94. The maximum atomic E-state index is 5.82. The minimum Gasteiger partial charge on any atom is -0.411 e. The number of nitrogens with zero attached hydrogens (tertiary/aromatic N) is 2. The van der Waals surface area contributed by atoms with Crippen molar-refractivity contribution in [3.63, 3.8) is 0 Å². The molecular formula is C11H11ClN2OS. The Labute approximate surface area is 103 Å². The molecule has 84 valence electrons. The number of hydrogen-bond acceptors (Lipinski definition) is 4. The molecule has 0 aliphatic carbocycles. The van der Waals surface area contributed by atoms with Gasteiger partial charge in [-0.15, -0.1) is 21.8 Å². The lowest BCUT2D eigenvalue weighted by Gasteiger charge is -1.96. The van der Waals surface area contributed by atoms with E-state index < -0.39 is 0 Å². The average Bonchev–Trinajstić information content (AvgIpc) is 2.66. The van der Waals surface area contributed by atoms with Gasteiger partial charge in [0.15, 0.2) is 0 Å². The number of aryl methyl sites for hydroxylation is 1. The van der Waals surface area contributed by atoms with Crippen LogP contribution in [0.3, 0.4) is 0 Å². The Morgan fingerprint density at radius 3 is 2.56 bits per heavy atom. The third-order valence-corrected chi connectivity index (χ3v) is 2.93. The van der Waals surface area contributed by atoms with Gasteiger partial charge in [-0.25, -0.2) is 0 Å². The van der Waals surface area contributed by atoms with Crippen molar-refractivity contribution in [3.05, 3.63) is 29.8 Å². The van der Waals surface area contributed by atoms with E-state index in [2.05, 4.69) is 10.2 Å². The van der Waals surface area contributed by atoms with Crippen LogP contribution in [0.4, 0.5) is 0 Å². The summed E-state index contributed by atoms with van der Waals surface area (Å²) in [5, 5.41) is 8.39. The predicted octanol–water partition coefficient (Wildman–Crippen LogP) is 3.72. The zero-order valence-corrected chi connectivity index (χ0v) is 10.5. The Kier molecular flexibility index (Phi) is 3.51. The highest BCUT2D eigenvalue weighted by molar-refractivity contribution is 8.00. The van der Waals surface area contributed by atoms with E-state index in [9.17, 15) is 0 Å². The van der Waals surface area contributed by atoms with E-state index in [4.69, 9.17) is 16.0 Å². The topological polar surface area (TPSA) is 38.9 Å². The van der Waals surface area contributed by atoms with Crippen molar-refractivity contribution < 1.29 is 4.42 Å². The zero-order valence-electron chi connectivity index (χ0n) is 8.98. The zero-order chi connectivity index (χ0) is 11.5. The van der Waals surface area contributed by atoms with Gasteiger partial charge in [0.1, 0.15) is 0 Å². The van der Waals surface area contributed by atoms with Gasteiger partial charge in [0, 0.05) is 5.56 Å². The molecule has 1 atom stereocenters. The Morgan fingerprint density at radius 1 is 1.25 bits per heavy atom. The minimum atomic E-state index is -0.0775. The minimum absolute atomic E-state index is 0.0775. The van der Waals surface area contributed by atoms with E-state index in [-0.39, 0.29) is 4.71 Å². The Morgan fingerprint density at radius 2 is 1.94 bits per heavy atom. The highest BCUT2D eigenvalue weighted by Gasteiger charge is 2.10. The molecule has 3 nitrogen and oxygen atoms in total. The molecule has 2 aromatic rings. The highest BCUT2D eigenvalue weighted by Crippen LogP contribution is 2.27. The normalized spacial score (nSPS) is 12.7. The van der Waals surface area contributed by atoms with Gasteiger partial charge in [-0.2, -0.15) is 0 Å². The second-order valence-electron chi connectivity index (χ2n) is 3.40. The molecule has 0 aliphatic rings. The van der Waals surface area contributed by atoms with Crippen molar-refractivity contribution in [2.75, 3.05) is 0 Å². The summed E-state index contributed by atoms with van der Waals surface area (Å²) >= 11 is 7.17. The molecule has 1 aromatic carbocycles. The van der Waals surface area contributed by atoms with Crippen LogP contribution in [0.15, 0.2) is 33.9 Å². The molecule has 0 amide bonds. The molecule has 0 saturated heterocycles. The number of rotatable bonds is 3. The van der Waals surface area contributed by atoms with Crippen LogP contribution in [-0.2, 0) is 0 Å². The quantitative estimate of drug-likeness (QED) is 0.618. The molecule has 0 N–H and O–H groups in total. The van der Waals surface area contributed by atoms with E-state index in [0.717, 1.165) is 5.56 Å². The number of halogens is 1. The number of thioether (sulfide) groups is 1. The summed E-state index contributed by atoms with van der Waals surface area (Å²) in [7, 11) is 0. The molecule has 0 saturated carbocycles. The molecule has 0 aliphatic heterocycles. The largest absolute Gasteiger partial charge is 0.411 e. The van der Waals surface area contributed by atoms with Crippen LogP contribution in [0, 0.1) is 6.92 Å². The summed E-state index contributed by atoms with van der Waals surface area (Å²) in [5.41, 5.74) is 2.12. The second kappa shape index (κ2) is 4.89. The fraction of sp³-hybridized carbons (Fsp3) is 0.273. The van der Waals surface area contributed by atoms with E-state index in [1.807, 2.05) is 38.1 Å². The molecule has 16 heavy (non-hydrogen) atoms. The van der Waals surface area contributed by atoms with Crippen LogP contribution in [-0.4, -0.2) is 14.9 Å². The summed E-state index contributed by atoms with van der Waals surface area (Å²) < 4.78 is 5.40. The van der Waals surface area contributed by atoms with Gasteiger partial charge < -0.3 is 4.42 Å². The molecule has 0 spiro atoms. The third-order valence-electron chi connectivity index (χ3n) is 1.97. The van der Waals surface area contributed by atoms with Crippen LogP contribution in [0.2, 0.25) is 0 Å². The Balaban J connectivity index is 2.21. The van der Waals surface area contributed by atoms with Crippen LogP contribution >= 0.6 is 23.4 Å². The number of hydrogen-bond donors (Lipinski definition) is 0. The van der Waals surface area contributed by atoms with Crippen molar-refractivity contribution in [2.24, 2.45) is 0 Å². The van der Waals surface area contributed by atoms with Crippen molar-refractivity contribution >= 4 is 23.4 Å². The van der Waals surface area contributed by atoms with Gasteiger partial charge in [0.05, 0.1) is 4.71 Å². The lowest BCUT2D eigenvalue weighted by molar-refractivity contribution is 0.466. The fourth-order valence-electron chi connectivity index (χ4n) is 1.21. The standard InChI is InChI=1S/C11H11ClN2OS/c1-7-3-5-9(6-4-7)10-13-14-11(15-10)16-8(2)12/h3-6,8H,1-2H3/t8-/m1/s1. The van der Waals surface area contributed by atoms with E-state index in [1.165, 1.54) is 17.3 Å². The van der Waals surface area contributed by atoms with Gasteiger partial charge in [-0.1, -0.05) is 17.7 Å². The van der Waals surface area contributed by atoms with Gasteiger partial charge in [-0.05, 0) is 37.7 Å². The number of aromatic nitrogens is 2. The summed E-state index contributed by atoms with van der Waals surface area (Å²) in [4.78, 5) is 0. The Bertz CT molecular complexity index is 467. The van der Waals surface area contributed by atoms with Crippen molar-refractivity contribution in [2.45, 2.75) is 23.8 Å². The number of benzene rings is 1. The second-order valence-corrected chi connectivity index (χ2v) is 5.61. The Hall–Kier alpha value is -1.00. The van der Waals surface area contributed by atoms with Gasteiger partial charge in [0.25, 0.3) is 5.22 Å². The van der Waals surface area contributed by atoms with Crippen LogP contribution in [0.25, 0.3) is 11.5 Å². The molecule has 1 aromatic heterocycles.